The molecule has 2 rings (SSSR count). The van der Waals surface area contributed by atoms with Crippen molar-refractivity contribution in [2.75, 3.05) is 19.7 Å². The fourth-order valence-electron chi connectivity index (χ4n) is 2.17. The van der Waals surface area contributed by atoms with E-state index in [-0.39, 0.29) is 18.7 Å². The molecule has 1 aromatic heterocycles. The molecule has 1 amide bonds. The van der Waals surface area contributed by atoms with E-state index in [9.17, 15) is 18.0 Å². The molecule has 0 unspecified atom stereocenters. The Bertz CT molecular complexity index is 508. The number of hydrogen-bond acceptors (Lipinski definition) is 4. The molecule has 1 aromatic rings. The molecule has 0 aliphatic carbocycles. The number of alkyl halides is 3. The maximum atomic E-state index is 12.7. The van der Waals surface area contributed by atoms with Crippen molar-refractivity contribution in [3.63, 3.8) is 0 Å². The van der Waals surface area contributed by atoms with Crippen molar-refractivity contribution in [1.82, 2.24) is 14.9 Å². The second-order valence-electron chi connectivity index (χ2n) is 4.79. The molecule has 0 aromatic carbocycles. The van der Waals surface area contributed by atoms with Crippen molar-refractivity contribution >= 4 is 5.91 Å². The van der Waals surface area contributed by atoms with Crippen LogP contribution in [-0.2, 0) is 11.2 Å². The Labute approximate surface area is 120 Å². The number of aromatic nitrogens is 2. The minimum absolute atomic E-state index is 0.131. The van der Waals surface area contributed by atoms with E-state index in [2.05, 4.69) is 14.7 Å². The molecule has 0 bridgehead atoms. The molecule has 5 nitrogen and oxygen atoms in total. The number of carbonyl (C=O) groups is 1. The Balaban J connectivity index is 2.16. The van der Waals surface area contributed by atoms with Crippen LogP contribution in [0.4, 0.5) is 13.2 Å². The Kier molecular flexibility index (Phi) is 4.76. The Hall–Kier alpha value is -1.70. The fraction of sp³-hybridized carbons (Fsp3) is 0.615. The first-order chi connectivity index (χ1) is 9.93. The van der Waals surface area contributed by atoms with E-state index in [0.717, 1.165) is 11.3 Å². The lowest BCUT2D eigenvalue weighted by Gasteiger charge is -2.34. The molecule has 2 heterocycles. The van der Waals surface area contributed by atoms with Crippen molar-refractivity contribution in [1.29, 1.82) is 0 Å². The van der Waals surface area contributed by atoms with Gasteiger partial charge in [0.1, 0.15) is 6.33 Å². The van der Waals surface area contributed by atoms with Gasteiger partial charge < -0.3 is 9.64 Å². The Morgan fingerprint density at radius 2 is 2.29 bits per heavy atom. The van der Waals surface area contributed by atoms with Gasteiger partial charge in [-0.05, 0) is 6.42 Å². The second-order valence-corrected chi connectivity index (χ2v) is 4.79. The Morgan fingerprint density at radius 3 is 2.95 bits per heavy atom. The van der Waals surface area contributed by atoms with Gasteiger partial charge in [0.05, 0.1) is 24.4 Å². The van der Waals surface area contributed by atoms with Crippen LogP contribution in [0.15, 0.2) is 12.5 Å². The molecule has 1 saturated heterocycles. The van der Waals surface area contributed by atoms with Gasteiger partial charge in [-0.15, -0.1) is 0 Å². The summed E-state index contributed by atoms with van der Waals surface area (Å²) in [6.07, 6.45) is -2.35. The van der Waals surface area contributed by atoms with Gasteiger partial charge in [0.2, 0.25) is 0 Å². The highest BCUT2D eigenvalue weighted by atomic mass is 19.4. The zero-order valence-electron chi connectivity index (χ0n) is 11.6. The average Bonchev–Trinajstić information content (AvgIpc) is 2.47. The molecule has 0 N–H and O–H groups in total. The first-order valence-electron chi connectivity index (χ1n) is 6.70. The van der Waals surface area contributed by atoms with Gasteiger partial charge in [0.15, 0.2) is 6.10 Å². The first-order valence-corrected chi connectivity index (χ1v) is 6.70. The number of rotatable bonds is 3. The predicted octanol–water partition coefficient (Wildman–Crippen LogP) is 1.83. The molecular weight excluding hydrogens is 287 g/mol. The molecule has 1 atom stereocenters. The van der Waals surface area contributed by atoms with Crippen molar-refractivity contribution in [2.45, 2.75) is 32.0 Å². The quantitative estimate of drug-likeness (QED) is 0.855. The van der Waals surface area contributed by atoms with Crippen molar-refractivity contribution in [2.24, 2.45) is 0 Å². The van der Waals surface area contributed by atoms with E-state index in [1.807, 2.05) is 6.92 Å². The van der Waals surface area contributed by atoms with Crippen LogP contribution in [0.25, 0.3) is 0 Å². The first kappa shape index (κ1) is 15.7. The van der Waals surface area contributed by atoms with Crippen LogP contribution >= 0.6 is 0 Å². The van der Waals surface area contributed by atoms with Gasteiger partial charge in [0, 0.05) is 12.7 Å². The normalized spacial score (nSPS) is 19.6. The zero-order valence-corrected chi connectivity index (χ0v) is 11.6. The summed E-state index contributed by atoms with van der Waals surface area (Å²) >= 11 is 0. The highest BCUT2D eigenvalue weighted by Crippen LogP contribution is 2.26. The molecule has 1 aliphatic rings. The number of amides is 1. The summed E-state index contributed by atoms with van der Waals surface area (Å²) in [6, 6.07) is 0. The van der Waals surface area contributed by atoms with E-state index >= 15 is 0 Å². The van der Waals surface area contributed by atoms with Gasteiger partial charge in [-0.3, -0.25) is 4.79 Å². The largest absolute Gasteiger partial charge is 0.416 e. The van der Waals surface area contributed by atoms with E-state index in [4.69, 9.17) is 0 Å². The second kappa shape index (κ2) is 6.38. The van der Waals surface area contributed by atoms with Gasteiger partial charge in [-0.1, -0.05) is 13.3 Å². The zero-order chi connectivity index (χ0) is 15.5. The third kappa shape index (κ3) is 3.69. The monoisotopic (exact) mass is 303 g/mol. The summed E-state index contributed by atoms with van der Waals surface area (Å²) in [5.74, 6) is -0.475. The lowest BCUT2D eigenvalue weighted by atomic mass is 10.1. The molecular formula is C13H16F3N3O2. The number of ether oxygens (including phenoxy) is 1. The van der Waals surface area contributed by atoms with Crippen LogP contribution in [-0.4, -0.2) is 52.8 Å². The fourth-order valence-corrected chi connectivity index (χ4v) is 2.17. The van der Waals surface area contributed by atoms with Crippen molar-refractivity contribution in [3.8, 4) is 0 Å². The van der Waals surface area contributed by atoms with E-state index < -0.39 is 24.7 Å². The summed E-state index contributed by atoms with van der Waals surface area (Å²) in [5.41, 5.74) is 0.828. The third-order valence-corrected chi connectivity index (χ3v) is 3.23. The van der Waals surface area contributed by atoms with Crippen LogP contribution in [0.3, 0.4) is 0 Å². The number of carbonyl (C=O) groups excluding carboxylic acids is 1. The van der Waals surface area contributed by atoms with Crippen molar-refractivity contribution < 1.29 is 22.7 Å². The highest BCUT2D eigenvalue weighted by molar-refractivity contribution is 5.95. The summed E-state index contributed by atoms with van der Waals surface area (Å²) in [6.45, 7) is 1.44. The molecule has 1 fully saturated rings. The van der Waals surface area contributed by atoms with Crippen LogP contribution in [0.2, 0.25) is 0 Å². The number of hydrogen-bond donors (Lipinski definition) is 0. The lowest BCUT2D eigenvalue weighted by molar-refractivity contribution is -0.233. The van der Waals surface area contributed by atoms with E-state index in [0.29, 0.717) is 12.1 Å². The molecule has 0 saturated carbocycles. The van der Waals surface area contributed by atoms with E-state index in [1.54, 1.807) is 0 Å². The number of halogens is 3. The predicted molar refractivity (Wildman–Crippen MR) is 67.7 cm³/mol. The molecule has 0 radical (unpaired) electrons. The molecule has 0 spiro atoms. The van der Waals surface area contributed by atoms with Crippen LogP contribution in [0.1, 0.15) is 29.4 Å². The smallest absolute Gasteiger partial charge is 0.365 e. The average molecular weight is 303 g/mol. The van der Waals surface area contributed by atoms with Crippen LogP contribution in [0, 0.1) is 0 Å². The minimum Gasteiger partial charge on any atom is -0.365 e. The van der Waals surface area contributed by atoms with Gasteiger partial charge in [0.25, 0.3) is 5.91 Å². The standard InChI is InChI=1S/C13H16F3N3O2/c1-2-3-10-9(6-17-8-18-10)12(20)19-4-5-21-11(7-19)13(14,15)16/h6,8,11H,2-5,7H2,1H3/t11-/m1/s1. The third-order valence-electron chi connectivity index (χ3n) is 3.23. The maximum absolute atomic E-state index is 12.7. The lowest BCUT2D eigenvalue weighted by Crippen LogP contribution is -2.51. The molecule has 8 heteroatoms. The van der Waals surface area contributed by atoms with Crippen molar-refractivity contribution in [3.05, 3.63) is 23.8 Å². The molecule has 116 valence electrons. The Morgan fingerprint density at radius 1 is 1.52 bits per heavy atom. The summed E-state index contributed by atoms with van der Waals surface area (Å²) < 4.78 is 42.8. The van der Waals surface area contributed by atoms with Gasteiger partial charge in [-0.2, -0.15) is 13.2 Å². The number of nitrogens with zero attached hydrogens (tertiary/aromatic N) is 3. The minimum atomic E-state index is -4.47. The van der Waals surface area contributed by atoms with Gasteiger partial charge in [-0.25, -0.2) is 9.97 Å². The van der Waals surface area contributed by atoms with Gasteiger partial charge >= 0.3 is 6.18 Å². The van der Waals surface area contributed by atoms with Crippen LogP contribution < -0.4 is 0 Å². The highest BCUT2D eigenvalue weighted by Gasteiger charge is 2.44. The number of morpholine rings is 1. The number of aryl methyl sites for hydroxylation is 1. The molecule has 21 heavy (non-hydrogen) atoms. The van der Waals surface area contributed by atoms with Crippen LogP contribution in [0.5, 0.6) is 0 Å². The summed E-state index contributed by atoms with van der Waals surface area (Å²) in [7, 11) is 0. The van der Waals surface area contributed by atoms with E-state index in [1.165, 1.54) is 12.5 Å². The molecule has 1 aliphatic heterocycles. The topological polar surface area (TPSA) is 55.3 Å². The summed E-state index contributed by atoms with van der Waals surface area (Å²) in [5, 5.41) is 0. The maximum Gasteiger partial charge on any atom is 0.416 e. The summed E-state index contributed by atoms with van der Waals surface area (Å²) in [4.78, 5) is 21.4. The SMILES string of the molecule is CCCc1ncncc1C(=O)N1CCO[C@@H](C(F)(F)F)C1.